The molecule has 0 spiro atoms. The third-order valence-corrected chi connectivity index (χ3v) is 6.32. The van der Waals surface area contributed by atoms with Crippen LogP contribution in [0.4, 0.5) is 5.69 Å². The Morgan fingerprint density at radius 2 is 1.77 bits per heavy atom. The summed E-state index contributed by atoms with van der Waals surface area (Å²) in [5, 5.41) is 12.5. The van der Waals surface area contributed by atoms with Gasteiger partial charge < -0.3 is 5.32 Å². The number of hydrogen-bond donors (Lipinski definition) is 1. The van der Waals surface area contributed by atoms with Crippen molar-refractivity contribution in [2.24, 2.45) is 0 Å². The van der Waals surface area contributed by atoms with E-state index in [9.17, 15) is 4.79 Å². The third kappa shape index (κ3) is 5.42. The van der Waals surface area contributed by atoms with E-state index < -0.39 is 0 Å². The number of nitrogens with zero attached hydrogens (tertiary/aromatic N) is 3. The van der Waals surface area contributed by atoms with Gasteiger partial charge in [-0.3, -0.25) is 9.36 Å². The van der Waals surface area contributed by atoms with Crippen LogP contribution >= 0.6 is 27.7 Å². The van der Waals surface area contributed by atoms with Crippen molar-refractivity contribution in [3.8, 4) is 11.4 Å². The Hall–Kier alpha value is -2.90. The van der Waals surface area contributed by atoms with Gasteiger partial charge in [0.15, 0.2) is 11.0 Å². The molecule has 0 unspecified atom stereocenters. The average molecular weight is 493 g/mol. The van der Waals surface area contributed by atoms with Gasteiger partial charge in [-0.05, 0) is 46.6 Å². The predicted molar refractivity (Wildman–Crippen MR) is 129 cm³/mol. The highest BCUT2D eigenvalue weighted by atomic mass is 79.9. The lowest BCUT2D eigenvalue weighted by Gasteiger charge is -2.11. The molecule has 1 aromatic heterocycles. The fraction of sp³-hybridized carbons (Fsp3) is 0.125. The van der Waals surface area contributed by atoms with Gasteiger partial charge in [0.1, 0.15) is 0 Å². The molecule has 1 N–H and O–H groups in total. The topological polar surface area (TPSA) is 59.8 Å². The summed E-state index contributed by atoms with van der Waals surface area (Å²) in [6.07, 6.45) is 0. The maximum atomic E-state index is 12.5. The number of benzene rings is 3. The SMILES string of the molecule is Cc1cccc(-c2nnc(SCC(=O)Nc3ccccc3Br)n2Cc2ccccc2)c1. The largest absolute Gasteiger partial charge is 0.324 e. The van der Waals surface area contributed by atoms with Gasteiger partial charge in [0.05, 0.1) is 18.0 Å². The third-order valence-electron chi connectivity index (χ3n) is 4.66. The Labute approximate surface area is 194 Å². The second kappa shape index (κ2) is 9.94. The number of carbonyl (C=O) groups is 1. The zero-order valence-corrected chi connectivity index (χ0v) is 19.4. The maximum absolute atomic E-state index is 12.5. The molecular formula is C24H21BrN4OS. The number of anilines is 1. The van der Waals surface area contributed by atoms with Crippen LogP contribution in [0.1, 0.15) is 11.1 Å². The summed E-state index contributed by atoms with van der Waals surface area (Å²) in [5.41, 5.74) is 4.07. The van der Waals surface area contributed by atoms with E-state index in [0.29, 0.717) is 11.7 Å². The fourth-order valence-electron chi connectivity index (χ4n) is 3.18. The van der Waals surface area contributed by atoms with Gasteiger partial charge in [0.2, 0.25) is 5.91 Å². The van der Waals surface area contributed by atoms with Crippen molar-refractivity contribution in [3.63, 3.8) is 0 Å². The summed E-state index contributed by atoms with van der Waals surface area (Å²) in [6, 6.07) is 26.0. The number of para-hydroxylation sites is 1. The number of aryl methyl sites for hydroxylation is 1. The van der Waals surface area contributed by atoms with Crippen LogP contribution in [0, 0.1) is 6.92 Å². The number of nitrogens with one attached hydrogen (secondary N) is 1. The number of aromatic nitrogens is 3. The van der Waals surface area contributed by atoms with Crippen LogP contribution in [0.25, 0.3) is 11.4 Å². The van der Waals surface area contributed by atoms with E-state index in [2.05, 4.69) is 67.2 Å². The van der Waals surface area contributed by atoms with Gasteiger partial charge in [-0.2, -0.15) is 0 Å². The summed E-state index contributed by atoms with van der Waals surface area (Å²) in [5.74, 6) is 0.937. The Morgan fingerprint density at radius 3 is 2.55 bits per heavy atom. The zero-order chi connectivity index (χ0) is 21.6. The number of thioether (sulfide) groups is 1. The molecule has 0 saturated carbocycles. The number of hydrogen-bond acceptors (Lipinski definition) is 4. The van der Waals surface area contributed by atoms with Crippen molar-refractivity contribution in [2.75, 3.05) is 11.1 Å². The molecule has 31 heavy (non-hydrogen) atoms. The molecule has 7 heteroatoms. The fourth-order valence-corrected chi connectivity index (χ4v) is 4.30. The molecule has 0 aliphatic rings. The molecule has 5 nitrogen and oxygen atoms in total. The molecule has 156 valence electrons. The highest BCUT2D eigenvalue weighted by Crippen LogP contribution is 2.27. The van der Waals surface area contributed by atoms with Crippen molar-refractivity contribution in [2.45, 2.75) is 18.6 Å². The van der Waals surface area contributed by atoms with Crippen LogP contribution in [-0.4, -0.2) is 26.4 Å². The van der Waals surface area contributed by atoms with Gasteiger partial charge >= 0.3 is 0 Å². The summed E-state index contributed by atoms with van der Waals surface area (Å²) in [7, 11) is 0. The lowest BCUT2D eigenvalue weighted by molar-refractivity contribution is -0.113. The first-order chi connectivity index (χ1) is 15.1. The lowest BCUT2D eigenvalue weighted by Crippen LogP contribution is -2.15. The van der Waals surface area contributed by atoms with Crippen molar-refractivity contribution < 1.29 is 4.79 Å². The molecule has 4 aromatic rings. The smallest absolute Gasteiger partial charge is 0.234 e. The van der Waals surface area contributed by atoms with Gasteiger partial charge in [0, 0.05) is 10.0 Å². The minimum Gasteiger partial charge on any atom is -0.324 e. The second-order valence-electron chi connectivity index (χ2n) is 7.06. The number of amides is 1. The van der Waals surface area contributed by atoms with E-state index in [-0.39, 0.29) is 11.7 Å². The number of rotatable bonds is 7. The Kier molecular flexibility index (Phi) is 6.84. The molecular weight excluding hydrogens is 472 g/mol. The summed E-state index contributed by atoms with van der Waals surface area (Å²) in [4.78, 5) is 12.5. The first-order valence-corrected chi connectivity index (χ1v) is 11.6. The molecule has 1 amide bonds. The summed E-state index contributed by atoms with van der Waals surface area (Å²) in [6.45, 7) is 2.69. The zero-order valence-electron chi connectivity index (χ0n) is 17.0. The van der Waals surface area contributed by atoms with E-state index in [1.807, 2.05) is 54.6 Å². The van der Waals surface area contributed by atoms with E-state index in [1.54, 1.807) is 0 Å². The Morgan fingerprint density at radius 1 is 1.00 bits per heavy atom. The molecule has 0 radical (unpaired) electrons. The predicted octanol–water partition coefficient (Wildman–Crippen LogP) is 5.80. The first-order valence-electron chi connectivity index (χ1n) is 9.81. The van der Waals surface area contributed by atoms with Gasteiger partial charge in [-0.25, -0.2) is 0 Å². The molecule has 0 aliphatic heterocycles. The standard InChI is InChI=1S/C24H21BrN4OS/c1-17-8-7-11-19(14-17)23-27-28-24(29(23)15-18-9-3-2-4-10-18)31-16-22(30)26-21-13-6-5-12-20(21)25/h2-14H,15-16H2,1H3,(H,26,30). The molecule has 3 aromatic carbocycles. The van der Waals surface area contributed by atoms with Crippen molar-refractivity contribution in [1.82, 2.24) is 14.8 Å². The maximum Gasteiger partial charge on any atom is 0.234 e. The summed E-state index contributed by atoms with van der Waals surface area (Å²) >= 11 is 4.84. The van der Waals surface area contributed by atoms with Crippen LogP contribution in [-0.2, 0) is 11.3 Å². The Balaban J connectivity index is 1.56. The molecule has 0 aliphatic carbocycles. The number of halogens is 1. The van der Waals surface area contributed by atoms with Crippen LogP contribution in [0.15, 0.2) is 88.5 Å². The average Bonchev–Trinajstić information content (AvgIpc) is 3.17. The van der Waals surface area contributed by atoms with E-state index in [4.69, 9.17) is 0 Å². The molecule has 0 fully saturated rings. The minimum absolute atomic E-state index is 0.0942. The lowest BCUT2D eigenvalue weighted by atomic mass is 10.1. The monoisotopic (exact) mass is 492 g/mol. The van der Waals surface area contributed by atoms with Gasteiger partial charge in [-0.1, -0.05) is 78.0 Å². The van der Waals surface area contributed by atoms with Crippen molar-refractivity contribution in [3.05, 3.63) is 94.5 Å². The van der Waals surface area contributed by atoms with Crippen LogP contribution < -0.4 is 5.32 Å². The normalized spacial score (nSPS) is 10.8. The highest BCUT2D eigenvalue weighted by Gasteiger charge is 2.16. The Bertz CT molecular complexity index is 1190. The van der Waals surface area contributed by atoms with Crippen LogP contribution in [0.2, 0.25) is 0 Å². The number of carbonyl (C=O) groups excluding carboxylic acids is 1. The minimum atomic E-state index is -0.0942. The van der Waals surface area contributed by atoms with Crippen molar-refractivity contribution in [1.29, 1.82) is 0 Å². The molecule has 0 atom stereocenters. The first kappa shape index (κ1) is 21.3. The molecule has 1 heterocycles. The van der Waals surface area contributed by atoms with Gasteiger partial charge in [-0.15, -0.1) is 10.2 Å². The summed E-state index contributed by atoms with van der Waals surface area (Å²) < 4.78 is 2.92. The highest BCUT2D eigenvalue weighted by molar-refractivity contribution is 9.10. The van der Waals surface area contributed by atoms with Gasteiger partial charge in [0.25, 0.3) is 0 Å². The quantitative estimate of drug-likeness (QED) is 0.331. The van der Waals surface area contributed by atoms with E-state index >= 15 is 0 Å². The van der Waals surface area contributed by atoms with Crippen LogP contribution in [0.3, 0.4) is 0 Å². The second-order valence-corrected chi connectivity index (χ2v) is 8.86. The van der Waals surface area contributed by atoms with E-state index in [1.165, 1.54) is 11.8 Å². The van der Waals surface area contributed by atoms with E-state index in [0.717, 1.165) is 32.7 Å². The molecule has 0 saturated heterocycles. The molecule has 4 rings (SSSR count). The van der Waals surface area contributed by atoms with Crippen LogP contribution in [0.5, 0.6) is 0 Å². The molecule has 0 bridgehead atoms. The van der Waals surface area contributed by atoms with Crippen molar-refractivity contribution >= 4 is 39.3 Å².